The lowest BCUT2D eigenvalue weighted by Crippen LogP contribution is -2.11. The third-order valence-electron chi connectivity index (χ3n) is 3.61. The average molecular weight is 325 g/mol. The maximum atomic E-state index is 12.3. The van der Waals surface area contributed by atoms with Crippen LogP contribution in [0.25, 0.3) is 11.4 Å². The second-order valence-electron chi connectivity index (χ2n) is 5.27. The Bertz CT molecular complexity index is 835. The number of nitrogens with zero attached hydrogens (tertiary/aromatic N) is 2. The molecule has 124 valence electrons. The lowest BCUT2D eigenvalue weighted by atomic mass is 10.2. The van der Waals surface area contributed by atoms with Gasteiger partial charge in [0.15, 0.2) is 5.76 Å². The Hall–Kier alpha value is -2.86. The number of anilines is 1. The van der Waals surface area contributed by atoms with E-state index in [0.29, 0.717) is 18.1 Å². The highest BCUT2D eigenvalue weighted by atomic mass is 16.5. The summed E-state index contributed by atoms with van der Waals surface area (Å²) in [6, 6.07) is 10.9. The Morgan fingerprint density at radius 1 is 1.33 bits per heavy atom. The van der Waals surface area contributed by atoms with Crippen LogP contribution in [-0.2, 0) is 17.9 Å². The van der Waals surface area contributed by atoms with Gasteiger partial charge in [0.25, 0.3) is 5.91 Å². The molecule has 1 amide bonds. The number of carbonyl (C=O) groups excluding carboxylic acids is 1. The van der Waals surface area contributed by atoms with Gasteiger partial charge in [0.1, 0.15) is 18.2 Å². The summed E-state index contributed by atoms with van der Waals surface area (Å²) in [6.07, 6.45) is 3.70. The minimum absolute atomic E-state index is 0.252. The van der Waals surface area contributed by atoms with Gasteiger partial charge in [-0.05, 0) is 31.2 Å². The molecule has 2 heterocycles. The Labute approximate surface area is 140 Å². The summed E-state index contributed by atoms with van der Waals surface area (Å²) < 4.78 is 12.5. The molecule has 6 heteroatoms. The molecule has 0 atom stereocenters. The maximum absolute atomic E-state index is 12.3. The summed E-state index contributed by atoms with van der Waals surface area (Å²) in [7, 11) is 1.58. The summed E-state index contributed by atoms with van der Waals surface area (Å²) in [5.41, 5.74) is 1.63. The standard InChI is InChI=1S/C18H19N3O3/c1-3-21-10-9-19-17(21)13-5-4-6-14(11-13)20-18(22)16-8-7-15(24-16)12-23-2/h4-11H,3,12H2,1-2H3,(H,20,22). The van der Waals surface area contributed by atoms with E-state index in [0.717, 1.165) is 17.9 Å². The van der Waals surface area contributed by atoms with Crippen molar-refractivity contribution in [3.63, 3.8) is 0 Å². The van der Waals surface area contributed by atoms with E-state index < -0.39 is 0 Å². The fraction of sp³-hybridized carbons (Fsp3) is 0.222. The summed E-state index contributed by atoms with van der Waals surface area (Å²) in [5.74, 6) is 1.44. The van der Waals surface area contributed by atoms with Gasteiger partial charge in [0, 0.05) is 37.3 Å². The fourth-order valence-corrected chi connectivity index (χ4v) is 2.47. The van der Waals surface area contributed by atoms with E-state index >= 15 is 0 Å². The SMILES string of the molecule is CCn1ccnc1-c1cccc(NC(=O)c2ccc(COC)o2)c1. The van der Waals surface area contributed by atoms with Crippen molar-refractivity contribution in [2.75, 3.05) is 12.4 Å². The molecule has 0 aliphatic carbocycles. The average Bonchev–Trinajstić information content (AvgIpc) is 3.24. The maximum Gasteiger partial charge on any atom is 0.291 e. The number of nitrogens with one attached hydrogen (secondary N) is 1. The monoisotopic (exact) mass is 325 g/mol. The number of hydrogen-bond donors (Lipinski definition) is 1. The van der Waals surface area contributed by atoms with Gasteiger partial charge in [-0.25, -0.2) is 4.98 Å². The summed E-state index contributed by atoms with van der Waals surface area (Å²) in [5, 5.41) is 2.84. The Balaban J connectivity index is 1.78. The van der Waals surface area contributed by atoms with Crippen LogP contribution in [0.15, 0.2) is 53.2 Å². The Morgan fingerprint density at radius 2 is 2.21 bits per heavy atom. The first-order valence-corrected chi connectivity index (χ1v) is 7.72. The molecule has 3 rings (SSSR count). The summed E-state index contributed by atoms with van der Waals surface area (Å²) in [6.45, 7) is 3.23. The van der Waals surface area contributed by atoms with E-state index in [9.17, 15) is 4.79 Å². The van der Waals surface area contributed by atoms with E-state index in [4.69, 9.17) is 9.15 Å². The zero-order chi connectivity index (χ0) is 16.9. The zero-order valence-corrected chi connectivity index (χ0v) is 13.7. The molecule has 0 radical (unpaired) electrons. The molecule has 1 aromatic carbocycles. The first-order chi connectivity index (χ1) is 11.7. The molecule has 24 heavy (non-hydrogen) atoms. The second-order valence-corrected chi connectivity index (χ2v) is 5.27. The molecular weight excluding hydrogens is 306 g/mol. The molecule has 0 unspecified atom stereocenters. The van der Waals surface area contributed by atoms with Gasteiger partial charge in [0.2, 0.25) is 0 Å². The van der Waals surface area contributed by atoms with Crippen molar-refractivity contribution in [2.45, 2.75) is 20.1 Å². The van der Waals surface area contributed by atoms with Crippen LogP contribution >= 0.6 is 0 Å². The molecule has 0 spiro atoms. The smallest absolute Gasteiger partial charge is 0.291 e. The van der Waals surface area contributed by atoms with Crippen LogP contribution in [0.5, 0.6) is 0 Å². The van der Waals surface area contributed by atoms with E-state index in [2.05, 4.69) is 17.2 Å². The molecule has 1 N–H and O–H groups in total. The van der Waals surface area contributed by atoms with Crippen molar-refractivity contribution in [1.82, 2.24) is 9.55 Å². The number of benzene rings is 1. The number of methoxy groups -OCH3 is 1. The van der Waals surface area contributed by atoms with Crippen molar-refractivity contribution in [2.24, 2.45) is 0 Å². The third-order valence-corrected chi connectivity index (χ3v) is 3.61. The highest BCUT2D eigenvalue weighted by Gasteiger charge is 2.12. The fourth-order valence-electron chi connectivity index (χ4n) is 2.47. The molecule has 0 saturated carbocycles. The molecule has 6 nitrogen and oxygen atoms in total. The number of amides is 1. The van der Waals surface area contributed by atoms with Crippen molar-refractivity contribution < 1.29 is 13.9 Å². The summed E-state index contributed by atoms with van der Waals surface area (Å²) in [4.78, 5) is 16.7. The van der Waals surface area contributed by atoms with Crippen molar-refractivity contribution in [1.29, 1.82) is 0 Å². The summed E-state index contributed by atoms with van der Waals surface area (Å²) >= 11 is 0. The van der Waals surface area contributed by atoms with Crippen LogP contribution in [-0.4, -0.2) is 22.6 Å². The topological polar surface area (TPSA) is 69.3 Å². The van der Waals surface area contributed by atoms with Crippen LogP contribution < -0.4 is 5.32 Å². The first kappa shape index (κ1) is 16.0. The molecule has 0 saturated heterocycles. The Kier molecular flexibility index (Phi) is 4.77. The molecule has 0 aliphatic rings. The van der Waals surface area contributed by atoms with Gasteiger partial charge in [0.05, 0.1) is 0 Å². The zero-order valence-electron chi connectivity index (χ0n) is 13.7. The third kappa shape index (κ3) is 3.38. The van der Waals surface area contributed by atoms with E-state index in [1.54, 1.807) is 25.4 Å². The second kappa shape index (κ2) is 7.14. The Morgan fingerprint density at radius 3 is 3.00 bits per heavy atom. The van der Waals surface area contributed by atoms with Crippen molar-refractivity contribution in [3.8, 4) is 11.4 Å². The van der Waals surface area contributed by atoms with Crippen molar-refractivity contribution in [3.05, 3.63) is 60.3 Å². The van der Waals surface area contributed by atoms with Gasteiger partial charge in [-0.15, -0.1) is 0 Å². The number of aromatic nitrogens is 2. The lowest BCUT2D eigenvalue weighted by Gasteiger charge is -2.08. The number of imidazole rings is 1. The van der Waals surface area contributed by atoms with Crippen LogP contribution in [0.3, 0.4) is 0 Å². The predicted octanol–water partition coefficient (Wildman–Crippen LogP) is 3.56. The molecular formula is C18H19N3O3. The number of rotatable bonds is 6. The molecule has 0 fully saturated rings. The van der Waals surface area contributed by atoms with Crippen LogP contribution in [0, 0.1) is 0 Å². The van der Waals surface area contributed by atoms with Crippen LogP contribution in [0.2, 0.25) is 0 Å². The van der Waals surface area contributed by atoms with Gasteiger partial charge in [-0.3, -0.25) is 4.79 Å². The minimum Gasteiger partial charge on any atom is -0.453 e. The van der Waals surface area contributed by atoms with Gasteiger partial charge in [-0.2, -0.15) is 0 Å². The highest BCUT2D eigenvalue weighted by molar-refractivity contribution is 6.02. The number of carbonyl (C=O) groups is 1. The first-order valence-electron chi connectivity index (χ1n) is 7.72. The van der Waals surface area contributed by atoms with Gasteiger partial charge < -0.3 is 19.0 Å². The van der Waals surface area contributed by atoms with Crippen LogP contribution in [0.1, 0.15) is 23.2 Å². The van der Waals surface area contributed by atoms with Crippen molar-refractivity contribution >= 4 is 11.6 Å². The molecule has 0 aliphatic heterocycles. The molecule has 0 bridgehead atoms. The molecule has 3 aromatic rings. The minimum atomic E-state index is -0.298. The number of ether oxygens (including phenoxy) is 1. The van der Waals surface area contributed by atoms with E-state index in [1.165, 1.54) is 0 Å². The van der Waals surface area contributed by atoms with Crippen LogP contribution in [0.4, 0.5) is 5.69 Å². The van der Waals surface area contributed by atoms with Gasteiger partial charge in [-0.1, -0.05) is 12.1 Å². The normalized spacial score (nSPS) is 10.8. The predicted molar refractivity (Wildman–Crippen MR) is 90.7 cm³/mol. The largest absolute Gasteiger partial charge is 0.453 e. The quantitative estimate of drug-likeness (QED) is 0.752. The lowest BCUT2D eigenvalue weighted by molar-refractivity contribution is 0.0987. The number of hydrogen-bond acceptors (Lipinski definition) is 4. The number of aryl methyl sites for hydroxylation is 1. The van der Waals surface area contributed by atoms with E-state index in [1.807, 2.05) is 35.0 Å². The molecule has 2 aromatic heterocycles. The van der Waals surface area contributed by atoms with Gasteiger partial charge >= 0.3 is 0 Å². The number of furan rings is 1. The highest BCUT2D eigenvalue weighted by Crippen LogP contribution is 2.22. The van der Waals surface area contributed by atoms with E-state index in [-0.39, 0.29) is 11.7 Å².